The number of esters is 2. The van der Waals surface area contributed by atoms with Gasteiger partial charge in [0.15, 0.2) is 0 Å². The number of aliphatic hydroxyl groups is 1. The molecule has 0 spiro atoms. The smallest absolute Gasteiger partial charge is 0.330 e. The van der Waals surface area contributed by atoms with E-state index in [-0.39, 0.29) is 25.4 Å². The van der Waals surface area contributed by atoms with Crippen molar-refractivity contribution < 1.29 is 29.0 Å². The lowest BCUT2D eigenvalue weighted by molar-refractivity contribution is -0.156. The third kappa shape index (κ3) is 6.33. The zero-order valence-electron chi connectivity index (χ0n) is 13.1. The lowest BCUT2D eigenvalue weighted by Crippen LogP contribution is -2.45. The van der Waals surface area contributed by atoms with Crippen LogP contribution in [-0.4, -0.2) is 55.7 Å². The second-order valence-electron chi connectivity index (χ2n) is 5.33. The van der Waals surface area contributed by atoms with Crippen molar-refractivity contribution in [2.45, 2.75) is 19.3 Å². The van der Waals surface area contributed by atoms with E-state index in [1.165, 1.54) is 6.08 Å². The highest BCUT2D eigenvalue weighted by molar-refractivity contribution is 5.87. The van der Waals surface area contributed by atoms with Gasteiger partial charge in [0.05, 0.1) is 6.61 Å². The van der Waals surface area contributed by atoms with E-state index >= 15 is 0 Å². The summed E-state index contributed by atoms with van der Waals surface area (Å²) in [6.45, 7) is 3.11. The van der Waals surface area contributed by atoms with Gasteiger partial charge in [-0.25, -0.2) is 9.59 Å². The second-order valence-corrected chi connectivity index (χ2v) is 5.33. The number of aliphatic hydroxyl groups excluding tert-OH is 1. The maximum absolute atomic E-state index is 12.5. The summed E-state index contributed by atoms with van der Waals surface area (Å²) in [4.78, 5) is 35.3. The van der Waals surface area contributed by atoms with Gasteiger partial charge in [0.2, 0.25) is 0 Å². The number of cyclic esters (lactones) is 1. The van der Waals surface area contributed by atoms with Crippen LogP contribution in [0.2, 0.25) is 0 Å². The van der Waals surface area contributed by atoms with Crippen LogP contribution in [0.15, 0.2) is 24.8 Å². The number of Topliss-reactive ketones (excluding diaryl/α,β-unsaturated/α-hetero) is 1. The molecule has 0 aromatic carbocycles. The predicted molar refractivity (Wildman–Crippen MR) is 82.5 cm³/mol. The molecule has 0 aromatic heterocycles. The number of carbonyl (C=O) groups excluding carboxylic acids is 3. The van der Waals surface area contributed by atoms with Gasteiger partial charge in [0.25, 0.3) is 0 Å². The molecule has 7 nitrogen and oxygen atoms in total. The van der Waals surface area contributed by atoms with Gasteiger partial charge >= 0.3 is 11.9 Å². The van der Waals surface area contributed by atoms with Crippen LogP contribution in [0.3, 0.4) is 0 Å². The molecule has 128 valence electrons. The Kier molecular flexibility index (Phi) is 8.21. The Hall–Kier alpha value is -1.99. The van der Waals surface area contributed by atoms with Crippen LogP contribution in [0.25, 0.3) is 0 Å². The van der Waals surface area contributed by atoms with Crippen LogP contribution in [-0.2, 0) is 23.9 Å². The molecular formula is C16H23NO6. The first-order valence-corrected chi connectivity index (χ1v) is 7.51. The van der Waals surface area contributed by atoms with Crippen molar-refractivity contribution >= 4 is 17.7 Å². The number of hydrogen-bond acceptors (Lipinski definition) is 7. The maximum atomic E-state index is 12.5. The summed E-state index contributed by atoms with van der Waals surface area (Å²) in [6, 6.07) is 0. The van der Waals surface area contributed by atoms with Gasteiger partial charge in [0.1, 0.15) is 24.4 Å². The first-order valence-electron chi connectivity index (χ1n) is 7.51. The Morgan fingerprint density at radius 1 is 1.48 bits per heavy atom. The molecule has 0 amide bonds. The van der Waals surface area contributed by atoms with Gasteiger partial charge in [-0.3, -0.25) is 4.79 Å². The van der Waals surface area contributed by atoms with Crippen LogP contribution in [0.1, 0.15) is 19.3 Å². The Labute approximate surface area is 135 Å². The number of nitrogens with one attached hydrogen (secondary N) is 1. The van der Waals surface area contributed by atoms with Crippen LogP contribution >= 0.6 is 0 Å². The average Bonchev–Trinajstić information content (AvgIpc) is 2.57. The third-order valence-corrected chi connectivity index (χ3v) is 3.55. The maximum Gasteiger partial charge on any atom is 0.330 e. The van der Waals surface area contributed by atoms with E-state index in [9.17, 15) is 19.5 Å². The molecule has 0 radical (unpaired) electrons. The van der Waals surface area contributed by atoms with E-state index in [2.05, 4.69) is 11.9 Å². The van der Waals surface area contributed by atoms with Crippen molar-refractivity contribution in [1.82, 2.24) is 5.32 Å². The molecule has 0 bridgehead atoms. The van der Waals surface area contributed by atoms with E-state index in [1.807, 2.05) is 0 Å². The number of rotatable bonds is 4. The van der Waals surface area contributed by atoms with Crippen molar-refractivity contribution in [3.05, 3.63) is 24.8 Å². The molecule has 2 N–H and O–H groups in total. The standard InChI is InChI=1S/C16H23NO6/c1-2-14(20)22-11-16(10-18)12-23-15(21)6-4-3-5-8-17-9-7-13(16)19/h2,4,6,17-18H,1,3,5,7-12H2/b6-4-. The van der Waals surface area contributed by atoms with E-state index < -0.39 is 24.0 Å². The Bertz CT molecular complexity index is 473. The summed E-state index contributed by atoms with van der Waals surface area (Å²) in [6.07, 6.45) is 5.64. The molecule has 1 aliphatic rings. The normalized spacial score (nSPS) is 25.3. The highest BCUT2D eigenvalue weighted by atomic mass is 16.5. The number of carbonyl (C=O) groups is 3. The molecule has 1 aliphatic heterocycles. The predicted octanol–water partition coefficient (Wildman–Crippen LogP) is 0.136. The van der Waals surface area contributed by atoms with Gasteiger partial charge in [-0.05, 0) is 19.4 Å². The summed E-state index contributed by atoms with van der Waals surface area (Å²) >= 11 is 0. The Morgan fingerprint density at radius 2 is 2.26 bits per heavy atom. The number of ketones is 1. The van der Waals surface area contributed by atoms with E-state index in [0.717, 1.165) is 18.9 Å². The molecule has 1 rings (SSSR count). The van der Waals surface area contributed by atoms with E-state index in [1.54, 1.807) is 6.08 Å². The molecule has 23 heavy (non-hydrogen) atoms. The highest BCUT2D eigenvalue weighted by Gasteiger charge is 2.40. The summed E-state index contributed by atoms with van der Waals surface area (Å²) in [5.74, 6) is -1.64. The minimum Gasteiger partial charge on any atom is -0.461 e. The quantitative estimate of drug-likeness (QED) is 0.560. The zero-order chi connectivity index (χ0) is 17.1. The van der Waals surface area contributed by atoms with Gasteiger partial charge in [-0.15, -0.1) is 0 Å². The van der Waals surface area contributed by atoms with Crippen molar-refractivity contribution in [1.29, 1.82) is 0 Å². The fourth-order valence-electron chi connectivity index (χ4n) is 2.02. The highest BCUT2D eigenvalue weighted by Crippen LogP contribution is 2.22. The lowest BCUT2D eigenvalue weighted by atomic mass is 9.84. The van der Waals surface area contributed by atoms with Crippen LogP contribution in [0.5, 0.6) is 0 Å². The van der Waals surface area contributed by atoms with Gasteiger partial charge in [-0.2, -0.15) is 0 Å². The van der Waals surface area contributed by atoms with E-state index in [4.69, 9.17) is 9.47 Å². The SMILES string of the molecule is C=CC(=O)OCC1(CO)COC(=O)/C=C\CCCNCCC1=O. The monoisotopic (exact) mass is 325 g/mol. The summed E-state index contributed by atoms with van der Waals surface area (Å²) in [5.41, 5.74) is -1.46. The summed E-state index contributed by atoms with van der Waals surface area (Å²) in [7, 11) is 0. The van der Waals surface area contributed by atoms with Gasteiger partial charge in [0, 0.05) is 25.1 Å². The number of hydrogen-bond donors (Lipinski definition) is 2. The third-order valence-electron chi connectivity index (χ3n) is 3.55. The fourth-order valence-corrected chi connectivity index (χ4v) is 2.02. The van der Waals surface area contributed by atoms with Crippen molar-refractivity contribution in [3.8, 4) is 0 Å². The minimum absolute atomic E-state index is 0.136. The summed E-state index contributed by atoms with van der Waals surface area (Å²) < 4.78 is 9.97. The van der Waals surface area contributed by atoms with Crippen LogP contribution < -0.4 is 5.32 Å². The van der Waals surface area contributed by atoms with Gasteiger partial charge in [-0.1, -0.05) is 12.7 Å². The molecule has 0 saturated carbocycles. The zero-order valence-corrected chi connectivity index (χ0v) is 13.1. The molecule has 0 aromatic rings. The van der Waals surface area contributed by atoms with Gasteiger partial charge < -0.3 is 19.9 Å². The lowest BCUT2D eigenvalue weighted by Gasteiger charge is -2.29. The fraction of sp³-hybridized carbons (Fsp3) is 0.562. The van der Waals surface area contributed by atoms with Crippen molar-refractivity contribution in [2.75, 3.05) is 32.9 Å². The molecule has 1 heterocycles. The summed E-state index contributed by atoms with van der Waals surface area (Å²) in [5, 5.41) is 12.8. The molecule has 1 unspecified atom stereocenters. The molecule has 0 aliphatic carbocycles. The largest absolute Gasteiger partial charge is 0.461 e. The molecule has 0 fully saturated rings. The Balaban J connectivity index is 2.88. The Morgan fingerprint density at radius 3 is 2.96 bits per heavy atom. The second kappa shape index (κ2) is 9.91. The molecular weight excluding hydrogens is 302 g/mol. The minimum atomic E-state index is -1.46. The number of allylic oxidation sites excluding steroid dienone is 1. The first kappa shape index (κ1) is 19.1. The molecule has 1 atom stereocenters. The average molecular weight is 325 g/mol. The van der Waals surface area contributed by atoms with Crippen LogP contribution in [0.4, 0.5) is 0 Å². The van der Waals surface area contributed by atoms with Crippen molar-refractivity contribution in [2.24, 2.45) is 5.41 Å². The molecule has 0 saturated heterocycles. The van der Waals surface area contributed by atoms with Crippen molar-refractivity contribution in [3.63, 3.8) is 0 Å². The first-order chi connectivity index (χ1) is 11.0. The van der Waals surface area contributed by atoms with Crippen LogP contribution in [0, 0.1) is 5.41 Å². The topological polar surface area (TPSA) is 102 Å². The van der Waals surface area contributed by atoms with E-state index in [0.29, 0.717) is 13.1 Å². The molecule has 7 heteroatoms. The number of ether oxygens (including phenoxy) is 2.